The third kappa shape index (κ3) is 2.68. The summed E-state index contributed by atoms with van der Waals surface area (Å²) in [4.78, 5) is 31.9. The summed E-state index contributed by atoms with van der Waals surface area (Å²) in [6.45, 7) is 8.30. The molecule has 130 valence electrons. The summed E-state index contributed by atoms with van der Waals surface area (Å²) in [7, 11) is 3.17. The van der Waals surface area contributed by atoms with E-state index in [4.69, 9.17) is 4.98 Å². The molecule has 1 saturated heterocycles. The van der Waals surface area contributed by atoms with Crippen LogP contribution in [0.4, 0.5) is 5.95 Å². The predicted octanol–water partition coefficient (Wildman–Crippen LogP) is 1.39. The molecule has 0 spiro atoms. The van der Waals surface area contributed by atoms with Gasteiger partial charge >= 0.3 is 5.69 Å². The Morgan fingerprint density at radius 2 is 1.71 bits per heavy atom. The summed E-state index contributed by atoms with van der Waals surface area (Å²) in [6.07, 6.45) is 4.68. The summed E-state index contributed by atoms with van der Waals surface area (Å²) in [5, 5.41) is 0. The Hall–Kier alpha value is -2.31. The van der Waals surface area contributed by atoms with Crippen LogP contribution in [-0.4, -0.2) is 31.8 Å². The average molecular weight is 331 g/mol. The lowest BCUT2D eigenvalue weighted by Crippen LogP contribution is -2.37. The van der Waals surface area contributed by atoms with Gasteiger partial charge in [0.1, 0.15) is 0 Å². The zero-order chi connectivity index (χ0) is 17.4. The number of aryl methyl sites for hydroxylation is 1. The minimum atomic E-state index is -0.352. The minimum absolute atomic E-state index is 0.303. The van der Waals surface area contributed by atoms with Crippen LogP contribution in [0.1, 0.15) is 32.6 Å². The number of rotatable bonds is 3. The standard InChI is InChI=1S/C17H25N5O2/c1-12(2)11-22-13-14(19(3)17(24)20(4)15(13)23)18-16(22)21-9-7-5-6-8-10-21/h1,5-11H2,2-4H3. The van der Waals surface area contributed by atoms with Crippen LogP contribution in [0, 0.1) is 0 Å². The second-order valence-electron chi connectivity index (χ2n) is 6.73. The number of imidazole rings is 1. The third-order valence-corrected chi connectivity index (χ3v) is 4.64. The lowest BCUT2D eigenvalue weighted by molar-refractivity contribution is 0.695. The van der Waals surface area contributed by atoms with E-state index >= 15 is 0 Å². The lowest BCUT2D eigenvalue weighted by Gasteiger charge is -2.22. The minimum Gasteiger partial charge on any atom is -0.342 e. The molecule has 0 bridgehead atoms. The Bertz CT molecular complexity index is 894. The number of anilines is 1. The van der Waals surface area contributed by atoms with Crippen LogP contribution in [-0.2, 0) is 20.6 Å². The second kappa shape index (κ2) is 6.30. The molecule has 0 N–H and O–H groups in total. The highest BCUT2D eigenvalue weighted by Gasteiger charge is 2.23. The first kappa shape index (κ1) is 16.5. The van der Waals surface area contributed by atoms with E-state index in [0.717, 1.165) is 42.0 Å². The van der Waals surface area contributed by atoms with Crippen molar-refractivity contribution in [2.75, 3.05) is 18.0 Å². The molecule has 0 aliphatic carbocycles. The van der Waals surface area contributed by atoms with E-state index in [-0.39, 0.29) is 11.2 Å². The van der Waals surface area contributed by atoms with E-state index in [1.165, 1.54) is 24.5 Å². The van der Waals surface area contributed by atoms with Crippen LogP contribution in [0.3, 0.4) is 0 Å². The van der Waals surface area contributed by atoms with Crippen LogP contribution < -0.4 is 16.1 Å². The average Bonchev–Trinajstić information content (AvgIpc) is 2.73. The van der Waals surface area contributed by atoms with Gasteiger partial charge in [0.25, 0.3) is 5.56 Å². The molecule has 0 aromatic carbocycles. The Balaban J connectivity index is 2.30. The van der Waals surface area contributed by atoms with Crippen LogP contribution >= 0.6 is 0 Å². The fourth-order valence-corrected chi connectivity index (χ4v) is 3.37. The predicted molar refractivity (Wildman–Crippen MR) is 95.7 cm³/mol. The number of hydrogen-bond donors (Lipinski definition) is 0. The molecule has 2 aromatic rings. The van der Waals surface area contributed by atoms with Gasteiger partial charge in [0.15, 0.2) is 11.2 Å². The van der Waals surface area contributed by atoms with Crippen molar-refractivity contribution >= 4 is 17.1 Å². The maximum absolute atomic E-state index is 12.7. The number of allylic oxidation sites excluding steroid dienone is 1. The van der Waals surface area contributed by atoms with Crippen LogP contribution in [0.2, 0.25) is 0 Å². The number of fused-ring (bicyclic) bond motifs is 1. The van der Waals surface area contributed by atoms with E-state index in [9.17, 15) is 9.59 Å². The SMILES string of the molecule is C=C(C)Cn1c(N2CCCCCC2)nc2c1c(=O)n(C)c(=O)n2C. The second-order valence-corrected chi connectivity index (χ2v) is 6.73. The molecule has 0 atom stereocenters. The summed E-state index contributed by atoms with van der Waals surface area (Å²) < 4.78 is 4.52. The van der Waals surface area contributed by atoms with Gasteiger partial charge in [-0.25, -0.2) is 4.79 Å². The maximum atomic E-state index is 12.7. The molecular formula is C17H25N5O2. The van der Waals surface area contributed by atoms with Gasteiger partial charge in [-0.3, -0.25) is 13.9 Å². The molecule has 3 heterocycles. The summed E-state index contributed by atoms with van der Waals surface area (Å²) >= 11 is 0. The van der Waals surface area contributed by atoms with E-state index in [1.54, 1.807) is 7.05 Å². The quantitative estimate of drug-likeness (QED) is 0.797. The Morgan fingerprint density at radius 3 is 2.29 bits per heavy atom. The molecule has 3 rings (SSSR count). The molecule has 0 radical (unpaired) electrons. The van der Waals surface area contributed by atoms with Crippen molar-refractivity contribution in [2.24, 2.45) is 14.1 Å². The lowest BCUT2D eigenvalue weighted by atomic mass is 10.2. The molecular weight excluding hydrogens is 306 g/mol. The van der Waals surface area contributed by atoms with Crippen molar-refractivity contribution in [2.45, 2.75) is 39.2 Å². The molecule has 0 unspecified atom stereocenters. The number of hydrogen-bond acceptors (Lipinski definition) is 4. The monoisotopic (exact) mass is 331 g/mol. The fourth-order valence-electron chi connectivity index (χ4n) is 3.37. The molecule has 1 fully saturated rings. The van der Waals surface area contributed by atoms with Crippen molar-refractivity contribution in [3.8, 4) is 0 Å². The van der Waals surface area contributed by atoms with Gasteiger partial charge in [-0.1, -0.05) is 25.0 Å². The van der Waals surface area contributed by atoms with Gasteiger partial charge in [-0.15, -0.1) is 0 Å². The molecule has 7 heteroatoms. The summed E-state index contributed by atoms with van der Waals surface area (Å²) in [5.74, 6) is 0.771. The fraction of sp³-hybridized carbons (Fsp3) is 0.588. The smallest absolute Gasteiger partial charge is 0.332 e. The molecule has 0 amide bonds. The van der Waals surface area contributed by atoms with Crippen LogP contribution in [0.25, 0.3) is 11.2 Å². The zero-order valence-corrected chi connectivity index (χ0v) is 14.7. The van der Waals surface area contributed by atoms with Crippen molar-refractivity contribution in [1.82, 2.24) is 18.7 Å². The normalized spacial score (nSPS) is 15.7. The number of aromatic nitrogens is 4. The van der Waals surface area contributed by atoms with Gasteiger partial charge < -0.3 is 9.47 Å². The van der Waals surface area contributed by atoms with Gasteiger partial charge in [-0.2, -0.15) is 4.98 Å². The first-order chi connectivity index (χ1) is 11.4. The van der Waals surface area contributed by atoms with Crippen molar-refractivity contribution in [3.63, 3.8) is 0 Å². The molecule has 2 aromatic heterocycles. The van der Waals surface area contributed by atoms with E-state index in [1.807, 2.05) is 11.5 Å². The zero-order valence-electron chi connectivity index (χ0n) is 14.7. The highest BCUT2D eigenvalue weighted by molar-refractivity contribution is 5.74. The van der Waals surface area contributed by atoms with Gasteiger partial charge in [0, 0.05) is 33.7 Å². The Labute approximate surface area is 140 Å². The van der Waals surface area contributed by atoms with Crippen LogP contribution in [0.15, 0.2) is 21.7 Å². The molecule has 1 aliphatic rings. The summed E-state index contributed by atoms with van der Waals surface area (Å²) in [6, 6.07) is 0. The third-order valence-electron chi connectivity index (χ3n) is 4.64. The maximum Gasteiger partial charge on any atom is 0.332 e. The first-order valence-electron chi connectivity index (χ1n) is 8.47. The molecule has 1 aliphatic heterocycles. The van der Waals surface area contributed by atoms with E-state index in [0.29, 0.717) is 17.7 Å². The van der Waals surface area contributed by atoms with Crippen molar-refractivity contribution < 1.29 is 0 Å². The topological polar surface area (TPSA) is 65.1 Å². The molecule has 24 heavy (non-hydrogen) atoms. The number of nitrogens with zero attached hydrogens (tertiary/aromatic N) is 5. The largest absolute Gasteiger partial charge is 0.342 e. The van der Waals surface area contributed by atoms with Gasteiger partial charge in [0.05, 0.1) is 0 Å². The summed E-state index contributed by atoms with van der Waals surface area (Å²) in [5.41, 5.74) is 1.21. The highest BCUT2D eigenvalue weighted by atomic mass is 16.2. The van der Waals surface area contributed by atoms with Crippen molar-refractivity contribution in [1.29, 1.82) is 0 Å². The molecule has 7 nitrogen and oxygen atoms in total. The first-order valence-corrected chi connectivity index (χ1v) is 8.47. The molecule has 0 saturated carbocycles. The van der Waals surface area contributed by atoms with Crippen LogP contribution in [0.5, 0.6) is 0 Å². The Morgan fingerprint density at radius 1 is 1.08 bits per heavy atom. The van der Waals surface area contributed by atoms with E-state index < -0.39 is 0 Å². The van der Waals surface area contributed by atoms with Gasteiger partial charge in [0.2, 0.25) is 5.95 Å². The van der Waals surface area contributed by atoms with Crippen molar-refractivity contribution in [3.05, 3.63) is 33.0 Å². The van der Waals surface area contributed by atoms with E-state index in [2.05, 4.69) is 11.5 Å². The Kier molecular flexibility index (Phi) is 4.34. The highest BCUT2D eigenvalue weighted by Crippen LogP contribution is 2.23. The van der Waals surface area contributed by atoms with Gasteiger partial charge in [-0.05, 0) is 19.8 Å².